The minimum Gasteiger partial charge on any atom is -0.393 e. The van der Waals surface area contributed by atoms with E-state index in [1.807, 2.05) is 0 Å². The molecule has 0 unspecified atom stereocenters. The molecule has 1 aliphatic carbocycles. The molecule has 0 aromatic heterocycles. The first-order valence-corrected chi connectivity index (χ1v) is 11.9. The molecule has 0 amide bonds. The third-order valence-electron chi connectivity index (χ3n) is 6.58. The Morgan fingerprint density at radius 1 is 0.800 bits per heavy atom. The summed E-state index contributed by atoms with van der Waals surface area (Å²) in [5.41, 5.74) is 1.99. The van der Waals surface area contributed by atoms with Gasteiger partial charge in [-0.2, -0.15) is 0 Å². The van der Waals surface area contributed by atoms with Crippen molar-refractivity contribution in [3.05, 3.63) is 94.1 Å². The highest BCUT2D eigenvalue weighted by Gasteiger charge is 2.25. The van der Waals surface area contributed by atoms with Gasteiger partial charge in [0.05, 0.1) is 12.7 Å². The van der Waals surface area contributed by atoms with E-state index in [4.69, 9.17) is 4.74 Å². The number of benzene rings is 3. The molecule has 4 rings (SSSR count). The van der Waals surface area contributed by atoms with Gasteiger partial charge in [-0.05, 0) is 55.2 Å². The number of ether oxygens (including phenoxy) is 1. The maximum Gasteiger partial charge on any atom is 0.167 e. The van der Waals surface area contributed by atoms with Crippen molar-refractivity contribution in [3.63, 3.8) is 0 Å². The summed E-state index contributed by atoms with van der Waals surface area (Å²) in [5, 5.41) is 9.65. The summed E-state index contributed by atoms with van der Waals surface area (Å²) in [6, 6.07) is 12.9. The van der Waals surface area contributed by atoms with Crippen molar-refractivity contribution < 1.29 is 27.4 Å². The van der Waals surface area contributed by atoms with Gasteiger partial charge in [0, 0.05) is 23.3 Å². The van der Waals surface area contributed by atoms with E-state index in [0.717, 1.165) is 0 Å². The summed E-state index contributed by atoms with van der Waals surface area (Å²) in [6.07, 6.45) is 5.24. The van der Waals surface area contributed by atoms with Crippen LogP contribution in [-0.4, -0.2) is 17.8 Å². The standard InChI is InChI=1S/C29H28F4O2/c1-2-35-17-22-12-16-25(29(33)27(22)31)19-6-3-18(4-7-19)5-8-21-11-15-24(28(32)26(21)30)20-9-13-23(34)14-10-20/h3-8,11-12,15-16,20,23,34H,2,9-10,13-14,17H2,1H3/b8-5+. The molecule has 1 aliphatic rings. The molecule has 1 saturated carbocycles. The smallest absolute Gasteiger partial charge is 0.167 e. The first-order chi connectivity index (χ1) is 16.9. The van der Waals surface area contributed by atoms with Crippen molar-refractivity contribution in [2.45, 2.75) is 51.2 Å². The van der Waals surface area contributed by atoms with Gasteiger partial charge in [0.25, 0.3) is 0 Å². The summed E-state index contributed by atoms with van der Waals surface area (Å²) in [7, 11) is 0. The maximum atomic E-state index is 14.7. The normalized spacial score (nSPS) is 18.3. The Kier molecular flexibility index (Phi) is 8.04. The lowest BCUT2D eigenvalue weighted by atomic mass is 9.82. The molecule has 0 atom stereocenters. The lowest BCUT2D eigenvalue weighted by Crippen LogP contribution is -2.18. The molecule has 2 nitrogen and oxygen atoms in total. The minimum atomic E-state index is -0.935. The van der Waals surface area contributed by atoms with Crippen molar-refractivity contribution in [2.24, 2.45) is 0 Å². The van der Waals surface area contributed by atoms with Gasteiger partial charge in [-0.3, -0.25) is 0 Å². The molecule has 0 saturated heterocycles. The largest absolute Gasteiger partial charge is 0.393 e. The molecule has 6 heteroatoms. The van der Waals surface area contributed by atoms with Gasteiger partial charge in [-0.25, -0.2) is 17.6 Å². The Morgan fingerprint density at radius 3 is 2.20 bits per heavy atom. The highest BCUT2D eigenvalue weighted by atomic mass is 19.2. The molecule has 0 heterocycles. The van der Waals surface area contributed by atoms with Gasteiger partial charge in [-0.15, -0.1) is 0 Å². The van der Waals surface area contributed by atoms with Crippen LogP contribution in [0.1, 0.15) is 60.8 Å². The van der Waals surface area contributed by atoms with Crippen molar-refractivity contribution in [3.8, 4) is 11.1 Å². The molecule has 1 N–H and O–H groups in total. The van der Waals surface area contributed by atoms with Crippen molar-refractivity contribution >= 4 is 12.2 Å². The lowest BCUT2D eigenvalue weighted by Gasteiger charge is -2.26. The zero-order chi connectivity index (χ0) is 24.9. The number of aliphatic hydroxyl groups is 1. The Balaban J connectivity index is 1.49. The summed E-state index contributed by atoms with van der Waals surface area (Å²) < 4.78 is 63.5. The highest BCUT2D eigenvalue weighted by Crippen LogP contribution is 2.35. The van der Waals surface area contributed by atoms with E-state index < -0.39 is 23.3 Å². The van der Waals surface area contributed by atoms with Crippen molar-refractivity contribution in [2.75, 3.05) is 6.61 Å². The Labute approximate surface area is 202 Å². The van der Waals surface area contributed by atoms with E-state index in [-0.39, 0.29) is 35.3 Å². The third-order valence-corrected chi connectivity index (χ3v) is 6.58. The van der Waals surface area contributed by atoms with Gasteiger partial charge in [0.1, 0.15) is 0 Å². The van der Waals surface area contributed by atoms with Crippen LogP contribution in [0, 0.1) is 23.3 Å². The fourth-order valence-corrected chi connectivity index (χ4v) is 4.51. The van der Waals surface area contributed by atoms with Crippen LogP contribution in [0.5, 0.6) is 0 Å². The van der Waals surface area contributed by atoms with Gasteiger partial charge in [0.2, 0.25) is 0 Å². The van der Waals surface area contributed by atoms with E-state index in [9.17, 15) is 22.7 Å². The van der Waals surface area contributed by atoms with Crippen LogP contribution < -0.4 is 0 Å². The fraction of sp³-hybridized carbons (Fsp3) is 0.310. The summed E-state index contributed by atoms with van der Waals surface area (Å²) in [4.78, 5) is 0. The second-order valence-electron chi connectivity index (χ2n) is 8.87. The molecule has 35 heavy (non-hydrogen) atoms. The Morgan fingerprint density at radius 2 is 1.51 bits per heavy atom. The Bertz CT molecular complexity index is 1200. The monoisotopic (exact) mass is 484 g/mol. The van der Waals surface area contributed by atoms with E-state index in [2.05, 4.69) is 0 Å². The number of hydrogen-bond acceptors (Lipinski definition) is 2. The SMILES string of the molecule is CCOCc1ccc(-c2ccc(/C=C/c3ccc(C4CCC(O)CC4)c(F)c3F)cc2)c(F)c1F. The zero-order valence-corrected chi connectivity index (χ0v) is 19.5. The summed E-state index contributed by atoms with van der Waals surface area (Å²) >= 11 is 0. The quantitative estimate of drug-likeness (QED) is 0.276. The first kappa shape index (κ1) is 25.1. The zero-order valence-electron chi connectivity index (χ0n) is 19.5. The van der Waals surface area contributed by atoms with E-state index in [1.165, 1.54) is 18.2 Å². The molecular formula is C29H28F4O2. The van der Waals surface area contributed by atoms with Crippen LogP contribution in [0.15, 0.2) is 48.5 Å². The lowest BCUT2D eigenvalue weighted by molar-refractivity contribution is 0.122. The first-order valence-electron chi connectivity index (χ1n) is 11.9. The third kappa shape index (κ3) is 5.65. The predicted octanol–water partition coefficient (Wildman–Crippen LogP) is 7.64. The summed E-state index contributed by atoms with van der Waals surface area (Å²) in [5.74, 6) is -3.68. The van der Waals surface area contributed by atoms with Crippen LogP contribution in [-0.2, 0) is 11.3 Å². The average Bonchev–Trinajstić information content (AvgIpc) is 2.87. The molecule has 184 valence electrons. The number of rotatable bonds is 7. The topological polar surface area (TPSA) is 29.5 Å². The van der Waals surface area contributed by atoms with Crippen LogP contribution in [0.4, 0.5) is 17.6 Å². The second-order valence-corrected chi connectivity index (χ2v) is 8.87. The number of aliphatic hydroxyl groups excluding tert-OH is 1. The van der Waals surface area contributed by atoms with Crippen LogP contribution in [0.25, 0.3) is 23.3 Å². The molecule has 3 aromatic carbocycles. The Hall–Kier alpha value is -2.96. The molecular weight excluding hydrogens is 456 g/mol. The van der Waals surface area contributed by atoms with E-state index >= 15 is 0 Å². The molecule has 0 aliphatic heterocycles. The van der Waals surface area contributed by atoms with E-state index in [0.29, 0.717) is 49.0 Å². The minimum absolute atomic E-state index is 0.00514. The van der Waals surface area contributed by atoms with E-state index in [1.54, 1.807) is 49.4 Å². The summed E-state index contributed by atoms with van der Waals surface area (Å²) in [6.45, 7) is 2.19. The van der Waals surface area contributed by atoms with Crippen LogP contribution in [0.2, 0.25) is 0 Å². The van der Waals surface area contributed by atoms with Crippen LogP contribution >= 0.6 is 0 Å². The highest BCUT2D eigenvalue weighted by molar-refractivity contribution is 5.72. The average molecular weight is 485 g/mol. The maximum absolute atomic E-state index is 14.7. The second kappa shape index (κ2) is 11.2. The van der Waals surface area contributed by atoms with Gasteiger partial charge < -0.3 is 9.84 Å². The van der Waals surface area contributed by atoms with Crippen molar-refractivity contribution in [1.82, 2.24) is 0 Å². The molecule has 3 aromatic rings. The van der Waals surface area contributed by atoms with Crippen LogP contribution in [0.3, 0.4) is 0 Å². The number of halogens is 4. The van der Waals surface area contributed by atoms with Gasteiger partial charge >= 0.3 is 0 Å². The fourth-order valence-electron chi connectivity index (χ4n) is 4.51. The molecule has 0 bridgehead atoms. The number of hydrogen-bond donors (Lipinski definition) is 1. The molecule has 0 spiro atoms. The molecule has 1 fully saturated rings. The predicted molar refractivity (Wildman–Crippen MR) is 130 cm³/mol. The van der Waals surface area contributed by atoms with Gasteiger partial charge in [-0.1, -0.05) is 60.7 Å². The van der Waals surface area contributed by atoms with Crippen molar-refractivity contribution in [1.29, 1.82) is 0 Å². The van der Waals surface area contributed by atoms with Gasteiger partial charge in [0.15, 0.2) is 23.3 Å². The molecule has 0 radical (unpaired) electrons.